The fourth-order valence-corrected chi connectivity index (χ4v) is 8.25. The number of rotatable bonds is 8. The Bertz CT molecular complexity index is 3970. The van der Waals surface area contributed by atoms with E-state index in [0.29, 0.717) is 46.0 Å². The molecule has 0 unspecified atom stereocenters. The zero-order valence-electron chi connectivity index (χ0n) is 64.6. The van der Waals surface area contributed by atoms with E-state index in [-0.39, 0.29) is 55.3 Å². The van der Waals surface area contributed by atoms with E-state index in [1.165, 1.54) is 22.9 Å². The number of nitrogens with zero attached hydrogens (tertiary/aromatic N) is 3. The van der Waals surface area contributed by atoms with Crippen molar-refractivity contribution in [2.75, 3.05) is 0 Å². The summed E-state index contributed by atoms with van der Waals surface area (Å²) in [4.78, 5) is 9.81. The van der Waals surface area contributed by atoms with E-state index >= 15 is 0 Å². The van der Waals surface area contributed by atoms with Crippen LogP contribution in [0, 0.1) is 12.0 Å². The van der Waals surface area contributed by atoms with Crippen LogP contribution in [0.25, 0.3) is 72.7 Å². The topological polar surface area (TPSA) is 50.9 Å². The number of aromatic hydroxyl groups is 1. The Morgan fingerprint density at radius 2 is 1.27 bits per heavy atom. The van der Waals surface area contributed by atoms with E-state index < -0.39 is 117 Å². The number of aromatic nitrogens is 3. The van der Waals surface area contributed by atoms with Gasteiger partial charge in [-0.2, -0.15) is 0 Å². The van der Waals surface area contributed by atoms with Gasteiger partial charge in [0.05, 0.1) is 16.6 Å². The Labute approximate surface area is 453 Å². The molecule has 0 fully saturated rings. The summed E-state index contributed by atoms with van der Waals surface area (Å²) in [5, 5.41) is 13.0. The molecular weight excluding hydrogens is 998 g/mol. The number of phenols is 1. The third-order valence-corrected chi connectivity index (χ3v) is 11.6. The first-order chi connectivity index (χ1) is 42.2. The molecule has 0 aliphatic rings. The molecule has 8 rings (SSSR count). The first-order valence-corrected chi connectivity index (χ1v) is 21.5. The molecule has 0 amide bonds. The van der Waals surface area contributed by atoms with Crippen molar-refractivity contribution in [3.05, 3.63) is 167 Å². The van der Waals surface area contributed by atoms with Crippen LogP contribution in [0.3, 0.4) is 0 Å². The minimum atomic E-state index is -4.20. The van der Waals surface area contributed by atoms with Gasteiger partial charge in [-0.15, -0.1) is 29.3 Å². The molecule has 0 aliphatic carbocycles. The molecule has 4 nitrogen and oxygen atoms in total. The predicted molar refractivity (Wildman–Crippen MR) is 280 cm³/mol. The van der Waals surface area contributed by atoms with Crippen LogP contribution in [0.4, 0.5) is 0 Å². The zero-order chi connectivity index (χ0) is 70.0. The Kier molecular flexibility index (Phi) is 6.94. The van der Waals surface area contributed by atoms with Gasteiger partial charge in [0.2, 0.25) is 0 Å². The quantitative estimate of drug-likeness (QED) is 0.154. The van der Waals surface area contributed by atoms with E-state index in [1.807, 2.05) is 77.1 Å². The maximum atomic E-state index is 13.0. The smallest absolute Gasteiger partial charge is 0.148 e. The summed E-state index contributed by atoms with van der Waals surface area (Å²) in [6.07, 6.45) is 1.93. The summed E-state index contributed by atoms with van der Waals surface area (Å²) in [6.45, 7) is -25.6. The Hall–Kier alpha value is -5.57. The van der Waals surface area contributed by atoms with Gasteiger partial charge in [0.15, 0.2) is 0 Å². The van der Waals surface area contributed by atoms with Gasteiger partial charge < -0.3 is 5.11 Å². The number of pyridine rings is 1. The van der Waals surface area contributed by atoms with E-state index in [4.69, 9.17) is 47.0 Å². The number of hydrogen-bond acceptors (Lipinski definition) is 3. The van der Waals surface area contributed by atoms with E-state index in [9.17, 15) is 5.11 Å². The first-order valence-electron chi connectivity index (χ1n) is 35.0. The van der Waals surface area contributed by atoms with Crippen molar-refractivity contribution in [2.24, 2.45) is 5.92 Å². The standard InChI is InChI=1S/C62H68N3O.Pt/c1-39(2)31-43-35-49(27-28-50(43)41-19-16-15-17-20-41)65-55-22-18-21-51(56(55)64-58(65)52-37-48(61(9,10)11)38-53(57(52)66)62(12,13)14)44-32-45(34-47(33-44)60(6,7)8)54-36-42(29-30-63-54)40-23-25-46(26-24-40)59(3,4)5;/h15-30,33-39,66H,31H2,1-14H3;/q-1;/i3D3,4D3,5D3,9D3,10D3,11D3,12D3,13D3,14D3;. The molecule has 8 aromatic rings. The summed E-state index contributed by atoms with van der Waals surface area (Å²) < 4.78 is 234. The summed E-state index contributed by atoms with van der Waals surface area (Å²) in [5.74, 6) is -1.89. The van der Waals surface area contributed by atoms with Gasteiger partial charge in [-0.3, -0.25) is 9.55 Å². The molecule has 1 N–H and O–H groups in total. The van der Waals surface area contributed by atoms with Crippen molar-refractivity contribution in [1.29, 1.82) is 0 Å². The van der Waals surface area contributed by atoms with Crippen LogP contribution in [0.2, 0.25) is 0 Å². The van der Waals surface area contributed by atoms with Crippen molar-refractivity contribution in [3.8, 4) is 67.5 Å². The largest absolute Gasteiger partial charge is 0.507 e. The molecule has 0 radical (unpaired) electrons. The summed E-state index contributed by atoms with van der Waals surface area (Å²) >= 11 is 0. The van der Waals surface area contributed by atoms with E-state index in [0.717, 1.165) is 28.8 Å². The number of imidazole rings is 1. The van der Waals surface area contributed by atoms with E-state index in [1.54, 1.807) is 48.5 Å². The third-order valence-electron chi connectivity index (χ3n) is 11.6. The van der Waals surface area contributed by atoms with Crippen LogP contribution >= 0.6 is 0 Å². The maximum Gasteiger partial charge on any atom is 0.148 e. The average Bonchev–Trinajstić information content (AvgIpc) is 0.762. The molecular formula is C62H68N3OPt-. The van der Waals surface area contributed by atoms with Gasteiger partial charge in [0.1, 0.15) is 11.6 Å². The van der Waals surface area contributed by atoms with Crippen LogP contribution in [0.15, 0.2) is 134 Å². The Morgan fingerprint density at radius 3 is 1.94 bits per heavy atom. The molecule has 2 aromatic heterocycles. The second kappa shape index (κ2) is 18.5. The second-order valence-electron chi connectivity index (χ2n) is 18.4. The van der Waals surface area contributed by atoms with Gasteiger partial charge in [-0.1, -0.05) is 192 Å². The summed E-state index contributed by atoms with van der Waals surface area (Å²) in [5.41, 5.74) is -10.5. The first kappa shape index (κ1) is 25.2. The Balaban J connectivity index is 0.0000125. The van der Waals surface area contributed by atoms with Crippen LogP contribution in [-0.4, -0.2) is 19.6 Å². The van der Waals surface area contributed by atoms with Crippen molar-refractivity contribution in [1.82, 2.24) is 14.5 Å². The minimum Gasteiger partial charge on any atom is -0.507 e. The van der Waals surface area contributed by atoms with Crippen molar-refractivity contribution in [3.63, 3.8) is 0 Å². The molecule has 67 heavy (non-hydrogen) atoms. The average molecular weight is 1090 g/mol. The van der Waals surface area contributed by atoms with Crippen LogP contribution in [-0.2, 0) is 49.1 Å². The number of benzene rings is 6. The molecule has 0 atom stereocenters. The Morgan fingerprint density at radius 1 is 0.597 bits per heavy atom. The number of para-hydroxylation sites is 1. The van der Waals surface area contributed by atoms with Crippen LogP contribution in [0.1, 0.15) is 161 Å². The fourth-order valence-electron chi connectivity index (χ4n) is 8.25. The second-order valence-corrected chi connectivity index (χ2v) is 18.4. The van der Waals surface area contributed by atoms with Crippen molar-refractivity contribution < 1.29 is 63.2 Å². The third kappa shape index (κ3) is 10.3. The van der Waals surface area contributed by atoms with Gasteiger partial charge in [0.25, 0.3) is 0 Å². The minimum absolute atomic E-state index is 0. The van der Waals surface area contributed by atoms with Gasteiger partial charge in [-0.05, 0) is 103 Å². The molecule has 0 spiro atoms. The summed E-state index contributed by atoms with van der Waals surface area (Å²) in [7, 11) is 0. The van der Waals surface area contributed by atoms with Gasteiger partial charge in [0, 0.05) is 81.2 Å². The molecule has 0 saturated heterocycles. The van der Waals surface area contributed by atoms with Crippen molar-refractivity contribution in [2.45, 2.75) is 124 Å². The zero-order valence-corrected chi connectivity index (χ0v) is 39.9. The number of fused-ring (bicyclic) bond motifs is 1. The van der Waals surface area contributed by atoms with Gasteiger partial charge >= 0.3 is 0 Å². The predicted octanol–water partition coefficient (Wildman–Crippen LogP) is 16.6. The van der Waals surface area contributed by atoms with E-state index in [2.05, 4.69) is 6.07 Å². The number of phenolic OH excluding ortho intramolecular Hbond substituents is 1. The van der Waals surface area contributed by atoms with Gasteiger partial charge in [-0.25, -0.2) is 4.98 Å². The van der Waals surface area contributed by atoms with Crippen LogP contribution < -0.4 is 0 Å². The molecule has 348 valence electrons. The van der Waals surface area contributed by atoms with Crippen molar-refractivity contribution >= 4 is 11.0 Å². The summed E-state index contributed by atoms with van der Waals surface area (Å²) in [6, 6.07) is 35.9. The fraction of sp³-hybridized carbons (Fsp3) is 0.323. The van der Waals surface area contributed by atoms with Crippen LogP contribution in [0.5, 0.6) is 5.75 Å². The molecule has 0 bridgehead atoms. The molecule has 2 heterocycles. The maximum absolute atomic E-state index is 13.0. The molecule has 0 aliphatic heterocycles. The number of hydrogen-bond donors (Lipinski definition) is 1. The molecule has 0 saturated carbocycles. The SMILES string of the molecule is [2H]C([2H])([2H])C(c1ccc(-c2ccnc(-c3[c-]c(-c4cccc5c4nc(-c4cc(C(C([2H])([2H])[2H])(C([2H])([2H])[2H])C([2H])([2H])[2H])cc(C(C([2H])([2H])[2H])(C([2H])([2H])[2H])C([2H])([2H])[2H])c4O)n5-c4ccc(-c5ccccc5)c(CC(C)C)c4)cc(C(C)(C)C)c3)c2)cc1)(C([2H])([2H])[2H])C([2H])([2H])[2H].[Pt]. The molecule has 6 aromatic carbocycles. The molecule has 5 heteroatoms. The monoisotopic (exact) mass is 1090 g/mol. The normalized spacial score (nSPS) is 20.1.